The van der Waals surface area contributed by atoms with Crippen LogP contribution in [0.2, 0.25) is 0 Å². The Kier molecular flexibility index (Phi) is 5.03. The number of aromatic carboxylic acids is 1. The van der Waals surface area contributed by atoms with Crippen LogP contribution in [0.25, 0.3) is 6.08 Å². The van der Waals surface area contributed by atoms with Gasteiger partial charge in [-0.05, 0) is 35.2 Å². The van der Waals surface area contributed by atoms with Crippen LogP contribution in [-0.4, -0.2) is 33.4 Å². The van der Waals surface area contributed by atoms with Crippen LogP contribution in [0, 0.1) is 10.1 Å². The van der Waals surface area contributed by atoms with Crippen LogP contribution in [0.1, 0.15) is 44.3 Å². The van der Waals surface area contributed by atoms with E-state index < -0.39 is 10.9 Å². The highest BCUT2D eigenvalue weighted by molar-refractivity contribution is 6.00. The second kappa shape index (κ2) is 7.41. The molecule has 2 aromatic rings. The average Bonchev–Trinajstić information content (AvgIpc) is 2.67. The maximum Gasteiger partial charge on any atom is 0.335 e. The van der Waals surface area contributed by atoms with Crippen LogP contribution in [0.5, 0.6) is 0 Å². The lowest BCUT2D eigenvalue weighted by Crippen LogP contribution is -2.36. The van der Waals surface area contributed by atoms with Crippen molar-refractivity contribution in [3.63, 3.8) is 0 Å². The molecular weight excluding hydrogens is 348 g/mol. The van der Waals surface area contributed by atoms with Gasteiger partial charge in [-0.25, -0.2) is 4.79 Å². The zero-order valence-electron chi connectivity index (χ0n) is 14.7. The van der Waals surface area contributed by atoms with Gasteiger partial charge in [-0.15, -0.1) is 0 Å². The third kappa shape index (κ3) is 3.87. The summed E-state index contributed by atoms with van der Waals surface area (Å²) in [6, 6.07) is 11.9. The van der Waals surface area contributed by atoms with Crippen molar-refractivity contribution in [3.05, 3.63) is 86.1 Å². The van der Waals surface area contributed by atoms with Crippen LogP contribution in [0.4, 0.5) is 0 Å². The second-order valence-corrected chi connectivity index (χ2v) is 6.40. The Labute approximate surface area is 155 Å². The molecule has 27 heavy (non-hydrogen) atoms. The van der Waals surface area contributed by atoms with Gasteiger partial charge in [0.1, 0.15) is 0 Å². The van der Waals surface area contributed by atoms with Crippen molar-refractivity contribution in [1.82, 2.24) is 4.90 Å². The lowest BCUT2D eigenvalue weighted by Gasteiger charge is -2.29. The van der Waals surface area contributed by atoms with E-state index in [0.717, 1.165) is 5.56 Å². The predicted molar refractivity (Wildman–Crippen MR) is 98.9 cm³/mol. The third-order valence-corrected chi connectivity index (χ3v) is 4.60. The lowest BCUT2D eigenvalue weighted by molar-refractivity contribution is -0.422. The van der Waals surface area contributed by atoms with Crippen LogP contribution in [-0.2, 0) is 13.0 Å². The second-order valence-electron chi connectivity index (χ2n) is 6.40. The van der Waals surface area contributed by atoms with E-state index in [4.69, 9.17) is 0 Å². The van der Waals surface area contributed by atoms with Crippen LogP contribution >= 0.6 is 0 Å². The molecule has 1 amide bonds. The van der Waals surface area contributed by atoms with Gasteiger partial charge in [-0.2, -0.15) is 0 Å². The summed E-state index contributed by atoms with van der Waals surface area (Å²) in [5, 5.41) is 20.2. The van der Waals surface area contributed by atoms with E-state index in [1.54, 1.807) is 4.90 Å². The summed E-state index contributed by atoms with van der Waals surface area (Å²) in [6.45, 7) is 2.25. The molecule has 0 unspecified atom stereocenters. The molecule has 1 N–H and O–H groups in total. The number of carboxylic acid groups (broad SMARTS) is 1. The van der Waals surface area contributed by atoms with E-state index in [0.29, 0.717) is 25.1 Å². The molecule has 1 heterocycles. The molecule has 3 rings (SSSR count). The number of amides is 1. The first kappa shape index (κ1) is 18.3. The van der Waals surface area contributed by atoms with Crippen molar-refractivity contribution in [1.29, 1.82) is 0 Å². The number of nitrogens with zero attached hydrogens (tertiary/aromatic N) is 2. The Hall–Kier alpha value is -3.48. The zero-order valence-corrected chi connectivity index (χ0v) is 14.7. The molecule has 0 radical (unpaired) electrons. The molecular formula is C20H18N2O5. The van der Waals surface area contributed by atoms with Crippen molar-refractivity contribution in [2.75, 3.05) is 6.54 Å². The minimum Gasteiger partial charge on any atom is -0.478 e. The van der Waals surface area contributed by atoms with Gasteiger partial charge < -0.3 is 10.0 Å². The van der Waals surface area contributed by atoms with E-state index in [2.05, 4.69) is 0 Å². The number of fused-ring (bicyclic) bond motifs is 1. The predicted octanol–water partition coefficient (Wildman–Crippen LogP) is 3.22. The molecule has 0 saturated heterocycles. The van der Waals surface area contributed by atoms with Crippen molar-refractivity contribution in [2.24, 2.45) is 0 Å². The van der Waals surface area contributed by atoms with Crippen LogP contribution in [0.3, 0.4) is 0 Å². The Morgan fingerprint density at radius 3 is 2.56 bits per heavy atom. The van der Waals surface area contributed by atoms with Gasteiger partial charge >= 0.3 is 5.97 Å². The molecule has 0 aliphatic carbocycles. The van der Waals surface area contributed by atoms with E-state index in [1.807, 2.05) is 24.3 Å². The summed E-state index contributed by atoms with van der Waals surface area (Å²) in [4.78, 5) is 36.4. The highest BCUT2D eigenvalue weighted by Gasteiger charge is 2.24. The van der Waals surface area contributed by atoms with Crippen LogP contribution < -0.4 is 0 Å². The van der Waals surface area contributed by atoms with Crippen molar-refractivity contribution in [2.45, 2.75) is 19.9 Å². The van der Waals surface area contributed by atoms with E-state index >= 15 is 0 Å². The fourth-order valence-corrected chi connectivity index (χ4v) is 3.12. The minimum atomic E-state index is -1.16. The summed E-state index contributed by atoms with van der Waals surface area (Å²) in [7, 11) is 0. The number of carboxylic acids is 1. The quantitative estimate of drug-likeness (QED) is 0.661. The fourth-order valence-electron chi connectivity index (χ4n) is 3.12. The van der Waals surface area contributed by atoms with Gasteiger partial charge in [0.2, 0.25) is 5.70 Å². The number of hydrogen-bond donors (Lipinski definition) is 1. The smallest absolute Gasteiger partial charge is 0.335 e. The normalized spacial score (nSPS) is 13.8. The standard InChI is InChI=1S/C20H18N2O5/c1-13(22(26)27)10-15-6-7-16(20(24)25)11-18(15)19(23)21-9-8-14-4-2-3-5-17(14)12-21/h2-7,10-11H,8-9,12H2,1H3,(H,24,25). The number of nitro groups is 1. The fraction of sp³-hybridized carbons (Fsp3) is 0.200. The number of carbonyl (C=O) groups is 2. The molecule has 0 saturated carbocycles. The molecule has 0 fully saturated rings. The molecule has 7 nitrogen and oxygen atoms in total. The number of rotatable bonds is 4. The monoisotopic (exact) mass is 366 g/mol. The maximum absolute atomic E-state index is 13.1. The Bertz CT molecular complexity index is 965. The number of allylic oxidation sites excluding steroid dienone is 1. The zero-order chi connectivity index (χ0) is 19.6. The molecule has 0 spiro atoms. The third-order valence-electron chi connectivity index (χ3n) is 4.60. The molecule has 1 aliphatic heterocycles. The van der Waals surface area contributed by atoms with E-state index in [9.17, 15) is 24.8 Å². The summed E-state index contributed by atoms with van der Waals surface area (Å²) in [6.07, 6.45) is 2.00. The molecule has 7 heteroatoms. The van der Waals surface area contributed by atoms with Crippen molar-refractivity contribution >= 4 is 18.0 Å². The molecule has 0 atom stereocenters. The molecule has 2 aromatic carbocycles. The van der Waals surface area contributed by atoms with Crippen molar-refractivity contribution < 1.29 is 19.6 Å². The number of benzene rings is 2. The first-order chi connectivity index (χ1) is 12.9. The lowest BCUT2D eigenvalue weighted by atomic mass is 9.97. The largest absolute Gasteiger partial charge is 0.478 e. The first-order valence-corrected chi connectivity index (χ1v) is 8.43. The number of hydrogen-bond acceptors (Lipinski definition) is 4. The van der Waals surface area contributed by atoms with Crippen molar-refractivity contribution in [3.8, 4) is 0 Å². The Balaban J connectivity index is 1.99. The summed E-state index contributed by atoms with van der Waals surface area (Å²) in [5.74, 6) is -1.50. The highest BCUT2D eigenvalue weighted by atomic mass is 16.6. The first-order valence-electron chi connectivity index (χ1n) is 8.43. The molecule has 138 valence electrons. The Morgan fingerprint density at radius 1 is 1.19 bits per heavy atom. The molecule has 1 aliphatic rings. The molecule has 0 bridgehead atoms. The van der Waals surface area contributed by atoms with Gasteiger partial charge in [0.15, 0.2) is 0 Å². The van der Waals surface area contributed by atoms with Gasteiger partial charge in [0.25, 0.3) is 5.91 Å². The average molecular weight is 366 g/mol. The summed E-state index contributed by atoms with van der Waals surface area (Å²) < 4.78 is 0. The highest BCUT2D eigenvalue weighted by Crippen LogP contribution is 2.23. The van der Waals surface area contributed by atoms with Gasteiger partial charge in [0.05, 0.1) is 10.5 Å². The summed E-state index contributed by atoms with van der Waals surface area (Å²) in [5.41, 5.74) is 2.55. The van der Waals surface area contributed by atoms with Gasteiger partial charge in [0, 0.05) is 31.7 Å². The summed E-state index contributed by atoms with van der Waals surface area (Å²) >= 11 is 0. The van der Waals surface area contributed by atoms with E-state index in [1.165, 1.54) is 36.8 Å². The van der Waals surface area contributed by atoms with Gasteiger partial charge in [-0.3, -0.25) is 14.9 Å². The number of carbonyl (C=O) groups excluding carboxylic acids is 1. The van der Waals surface area contributed by atoms with E-state index in [-0.39, 0.29) is 22.7 Å². The molecule has 0 aromatic heterocycles. The minimum absolute atomic E-state index is 0.0355. The SMILES string of the molecule is CC(=Cc1ccc(C(=O)O)cc1C(=O)N1CCc2ccccc2C1)[N+](=O)[O-]. The topological polar surface area (TPSA) is 101 Å². The van der Waals surface area contributed by atoms with Crippen LogP contribution in [0.15, 0.2) is 48.2 Å². The maximum atomic E-state index is 13.1. The Morgan fingerprint density at radius 2 is 1.89 bits per heavy atom. The van der Waals surface area contributed by atoms with Gasteiger partial charge in [-0.1, -0.05) is 30.3 Å².